The first-order valence-electron chi connectivity index (χ1n) is 6.18. The van der Waals surface area contributed by atoms with E-state index >= 15 is 0 Å². The lowest BCUT2D eigenvalue weighted by molar-refractivity contribution is -0.138. The second-order valence-electron chi connectivity index (χ2n) is 6.87. The molecular weight excluding hydrogens is 236 g/mol. The van der Waals surface area contributed by atoms with Crippen LogP contribution >= 0.6 is 12.4 Å². The molecule has 0 radical (unpaired) electrons. The molecule has 1 atom stereocenters. The lowest BCUT2D eigenvalue weighted by Gasteiger charge is -2.40. The van der Waals surface area contributed by atoms with Crippen molar-refractivity contribution in [1.29, 1.82) is 0 Å². The first-order valence-corrected chi connectivity index (χ1v) is 6.18. The average molecular weight is 263 g/mol. The number of halogens is 1. The van der Waals surface area contributed by atoms with Gasteiger partial charge in [-0.15, -0.1) is 12.4 Å². The zero-order valence-electron chi connectivity index (χ0n) is 11.7. The Bertz CT molecular complexity index is 271. The van der Waals surface area contributed by atoms with Gasteiger partial charge in [-0.05, 0) is 23.7 Å². The van der Waals surface area contributed by atoms with Crippen LogP contribution in [0.25, 0.3) is 0 Å². The van der Waals surface area contributed by atoms with Crippen LogP contribution in [0, 0.1) is 10.8 Å². The predicted octanol–water partition coefficient (Wildman–Crippen LogP) is 2.43. The molecule has 1 saturated heterocycles. The predicted molar refractivity (Wildman–Crippen MR) is 74.3 cm³/mol. The third-order valence-electron chi connectivity index (χ3n) is 3.41. The van der Waals surface area contributed by atoms with Crippen LogP contribution in [-0.4, -0.2) is 29.9 Å². The number of nitrogens with two attached hydrogens (primary N) is 1. The fraction of sp³-hybridized carbons (Fsp3) is 0.923. The summed E-state index contributed by atoms with van der Waals surface area (Å²) in [4.78, 5) is 14.2. The number of carbonyl (C=O) groups excluding carboxylic acids is 1. The topological polar surface area (TPSA) is 46.3 Å². The van der Waals surface area contributed by atoms with Crippen molar-refractivity contribution in [2.45, 2.75) is 53.5 Å². The first-order chi connectivity index (χ1) is 7.13. The van der Waals surface area contributed by atoms with E-state index in [1.165, 1.54) is 6.42 Å². The van der Waals surface area contributed by atoms with Crippen LogP contribution < -0.4 is 5.73 Å². The van der Waals surface area contributed by atoms with Crippen LogP contribution in [0.3, 0.4) is 0 Å². The molecule has 0 aromatic rings. The van der Waals surface area contributed by atoms with Gasteiger partial charge < -0.3 is 10.6 Å². The minimum Gasteiger partial charge on any atom is -0.341 e. The summed E-state index contributed by atoms with van der Waals surface area (Å²) in [6.45, 7) is 12.2. The van der Waals surface area contributed by atoms with E-state index < -0.39 is 0 Å². The van der Waals surface area contributed by atoms with E-state index in [1.54, 1.807) is 0 Å². The Morgan fingerprint density at radius 3 is 2.29 bits per heavy atom. The molecule has 1 aliphatic heterocycles. The molecule has 0 bridgehead atoms. The molecule has 17 heavy (non-hydrogen) atoms. The van der Waals surface area contributed by atoms with Crippen molar-refractivity contribution in [2.24, 2.45) is 16.6 Å². The van der Waals surface area contributed by atoms with Crippen molar-refractivity contribution in [3.63, 3.8) is 0 Å². The van der Waals surface area contributed by atoms with Gasteiger partial charge in [0.2, 0.25) is 5.91 Å². The van der Waals surface area contributed by atoms with E-state index in [1.807, 2.05) is 25.7 Å². The fourth-order valence-corrected chi connectivity index (χ4v) is 2.18. The molecule has 1 rings (SSSR count). The van der Waals surface area contributed by atoms with Crippen LogP contribution in [0.5, 0.6) is 0 Å². The van der Waals surface area contributed by atoms with Gasteiger partial charge in [-0.2, -0.15) is 0 Å². The van der Waals surface area contributed by atoms with Crippen LogP contribution in [0.1, 0.15) is 47.5 Å². The number of hydrogen-bond donors (Lipinski definition) is 1. The quantitative estimate of drug-likeness (QED) is 0.789. The summed E-state index contributed by atoms with van der Waals surface area (Å²) in [6, 6.07) is -0.388. The van der Waals surface area contributed by atoms with Gasteiger partial charge in [-0.3, -0.25) is 4.79 Å². The maximum absolute atomic E-state index is 12.2. The number of carbonyl (C=O) groups is 1. The van der Waals surface area contributed by atoms with Crippen molar-refractivity contribution in [3.8, 4) is 0 Å². The summed E-state index contributed by atoms with van der Waals surface area (Å²) in [5.41, 5.74) is 6.11. The van der Waals surface area contributed by atoms with Crippen LogP contribution in [0.15, 0.2) is 0 Å². The highest BCUT2D eigenvalue weighted by Gasteiger charge is 2.35. The molecule has 102 valence electrons. The largest absolute Gasteiger partial charge is 0.341 e. The molecule has 1 aliphatic rings. The molecule has 1 amide bonds. The molecule has 0 aromatic carbocycles. The molecule has 3 nitrogen and oxygen atoms in total. The van der Waals surface area contributed by atoms with Crippen LogP contribution in [-0.2, 0) is 4.79 Å². The Balaban J connectivity index is 0.00000256. The highest BCUT2D eigenvalue weighted by Crippen LogP contribution is 2.29. The molecule has 2 N–H and O–H groups in total. The standard InChI is InChI=1S/C13H26N2O.ClH/c1-12(2,3)10(14)11(16)15-8-6-7-13(4,5)9-15;/h10H,6-9,14H2,1-5H3;1H/t10-;/m1./s1. The summed E-state index contributed by atoms with van der Waals surface area (Å²) in [7, 11) is 0. The molecule has 1 heterocycles. The second-order valence-corrected chi connectivity index (χ2v) is 6.87. The van der Waals surface area contributed by atoms with Gasteiger partial charge in [0.05, 0.1) is 6.04 Å². The molecule has 0 unspecified atom stereocenters. The molecule has 0 saturated carbocycles. The van der Waals surface area contributed by atoms with Gasteiger partial charge >= 0.3 is 0 Å². The zero-order valence-corrected chi connectivity index (χ0v) is 12.6. The number of nitrogens with zero attached hydrogens (tertiary/aromatic N) is 1. The summed E-state index contributed by atoms with van der Waals surface area (Å²) < 4.78 is 0. The van der Waals surface area contributed by atoms with E-state index in [9.17, 15) is 4.79 Å². The molecule has 0 aliphatic carbocycles. The SMILES string of the molecule is CC1(C)CCCN(C(=O)[C@@H](N)C(C)(C)C)C1.Cl. The number of piperidine rings is 1. The van der Waals surface area contributed by atoms with Crippen molar-refractivity contribution >= 4 is 18.3 Å². The molecule has 0 spiro atoms. The third-order valence-corrected chi connectivity index (χ3v) is 3.41. The van der Waals surface area contributed by atoms with Crippen molar-refractivity contribution in [1.82, 2.24) is 4.90 Å². The molecular formula is C13H27ClN2O. The fourth-order valence-electron chi connectivity index (χ4n) is 2.18. The van der Waals surface area contributed by atoms with Gasteiger partial charge in [-0.1, -0.05) is 34.6 Å². The zero-order chi connectivity index (χ0) is 12.6. The highest BCUT2D eigenvalue weighted by molar-refractivity contribution is 5.85. The lowest BCUT2D eigenvalue weighted by atomic mass is 9.82. The highest BCUT2D eigenvalue weighted by atomic mass is 35.5. The number of hydrogen-bond acceptors (Lipinski definition) is 2. The minimum atomic E-state index is -0.388. The van der Waals surface area contributed by atoms with Crippen LogP contribution in [0.2, 0.25) is 0 Å². The summed E-state index contributed by atoms with van der Waals surface area (Å²) in [5.74, 6) is 0.111. The normalized spacial score (nSPS) is 21.6. The summed E-state index contributed by atoms with van der Waals surface area (Å²) in [5, 5.41) is 0. The lowest BCUT2D eigenvalue weighted by Crippen LogP contribution is -2.54. The third kappa shape index (κ3) is 4.47. The smallest absolute Gasteiger partial charge is 0.240 e. The van der Waals surface area contributed by atoms with E-state index in [2.05, 4.69) is 13.8 Å². The van der Waals surface area contributed by atoms with E-state index in [-0.39, 0.29) is 35.2 Å². The van der Waals surface area contributed by atoms with Crippen molar-refractivity contribution < 1.29 is 4.79 Å². The van der Waals surface area contributed by atoms with Crippen LogP contribution in [0.4, 0.5) is 0 Å². The van der Waals surface area contributed by atoms with Gasteiger partial charge in [0.1, 0.15) is 0 Å². The van der Waals surface area contributed by atoms with Crippen molar-refractivity contribution in [2.75, 3.05) is 13.1 Å². The maximum atomic E-state index is 12.2. The molecule has 1 fully saturated rings. The maximum Gasteiger partial charge on any atom is 0.240 e. The Morgan fingerprint density at radius 1 is 1.35 bits per heavy atom. The summed E-state index contributed by atoms with van der Waals surface area (Å²) in [6.07, 6.45) is 2.29. The van der Waals surface area contributed by atoms with Gasteiger partial charge in [0, 0.05) is 13.1 Å². The molecule has 0 aromatic heterocycles. The number of likely N-dealkylation sites (tertiary alicyclic amines) is 1. The number of rotatable bonds is 1. The Hall–Kier alpha value is -0.280. The second kappa shape index (κ2) is 5.57. The van der Waals surface area contributed by atoms with Crippen molar-refractivity contribution in [3.05, 3.63) is 0 Å². The summed E-state index contributed by atoms with van der Waals surface area (Å²) >= 11 is 0. The van der Waals surface area contributed by atoms with Gasteiger partial charge in [0.15, 0.2) is 0 Å². The minimum absolute atomic E-state index is 0. The Labute approximate surface area is 112 Å². The van der Waals surface area contributed by atoms with E-state index in [0.29, 0.717) is 0 Å². The van der Waals surface area contributed by atoms with Gasteiger partial charge in [-0.25, -0.2) is 0 Å². The van der Waals surface area contributed by atoms with Gasteiger partial charge in [0.25, 0.3) is 0 Å². The van der Waals surface area contributed by atoms with E-state index in [0.717, 1.165) is 19.5 Å². The first kappa shape index (κ1) is 16.7. The Kier molecular flexibility index (Phi) is 5.48. The van der Waals surface area contributed by atoms with E-state index in [4.69, 9.17) is 5.73 Å². The average Bonchev–Trinajstić information content (AvgIpc) is 2.12. The number of amides is 1. The Morgan fingerprint density at radius 2 is 1.88 bits per heavy atom. The molecule has 4 heteroatoms. The monoisotopic (exact) mass is 262 g/mol.